The third-order valence-corrected chi connectivity index (χ3v) is 8.04. The Morgan fingerprint density at radius 3 is 2.66 bits per heavy atom. The molecule has 2 heterocycles. The first-order valence-corrected chi connectivity index (χ1v) is 13.0. The number of rotatable bonds is 7. The molecule has 2 aliphatic rings. The summed E-state index contributed by atoms with van der Waals surface area (Å²) in [6.07, 6.45) is 2.40. The summed E-state index contributed by atoms with van der Waals surface area (Å²) in [6.45, 7) is 5.25. The summed E-state index contributed by atoms with van der Waals surface area (Å²) < 4.78 is 30.0. The number of amides is 2. The first-order valence-electron chi connectivity index (χ1n) is 11.5. The highest BCUT2D eigenvalue weighted by molar-refractivity contribution is 7.94. The van der Waals surface area contributed by atoms with Crippen molar-refractivity contribution in [3.05, 3.63) is 75.1 Å². The highest BCUT2D eigenvalue weighted by Crippen LogP contribution is 2.51. The first-order chi connectivity index (χ1) is 16.6. The van der Waals surface area contributed by atoms with Crippen LogP contribution >= 0.6 is 0 Å². The number of sulfone groups is 1. The fourth-order valence-electron chi connectivity index (χ4n) is 4.07. The third kappa shape index (κ3) is 5.82. The molecule has 1 aromatic heterocycles. The summed E-state index contributed by atoms with van der Waals surface area (Å²) in [5.41, 5.74) is 0.948. The van der Waals surface area contributed by atoms with Gasteiger partial charge in [0.2, 0.25) is 0 Å². The van der Waals surface area contributed by atoms with E-state index in [1.165, 1.54) is 24.3 Å². The van der Waals surface area contributed by atoms with Gasteiger partial charge in [0.15, 0.2) is 9.84 Å². The standard InChI is InChI=1S/C25H29N3O6S/c1-25(2)14-18(25)16-34-24(31)28-11-9-21-17(15-28)13-20(23(30)27-21)22(29)26-10-6-12-35(32,33)19-7-4-3-5-8-19/h3-8,12-13,18H,9-11,14-16H2,1-2H3,(H,26,29)(H,27,30)/b12-6+. The number of H-pyrrole nitrogens is 1. The van der Waals surface area contributed by atoms with E-state index in [0.29, 0.717) is 36.7 Å². The number of carbonyl (C=O) groups excluding carboxylic acids is 2. The molecule has 186 valence electrons. The van der Waals surface area contributed by atoms with Crippen LogP contribution in [-0.4, -0.2) is 50.0 Å². The Bertz CT molecular complexity index is 1310. The molecule has 4 rings (SSSR count). The van der Waals surface area contributed by atoms with Gasteiger partial charge in [-0.1, -0.05) is 38.1 Å². The van der Waals surface area contributed by atoms with Crippen LogP contribution in [0.2, 0.25) is 0 Å². The minimum atomic E-state index is -3.62. The van der Waals surface area contributed by atoms with E-state index in [-0.39, 0.29) is 29.0 Å². The van der Waals surface area contributed by atoms with Crippen LogP contribution in [-0.2, 0) is 27.5 Å². The molecule has 0 spiro atoms. The Balaban J connectivity index is 1.36. The van der Waals surface area contributed by atoms with Crippen molar-refractivity contribution < 1.29 is 22.7 Å². The lowest BCUT2D eigenvalue weighted by atomic mass is 10.0. The van der Waals surface area contributed by atoms with Crippen molar-refractivity contribution >= 4 is 21.8 Å². The molecule has 1 atom stereocenters. The van der Waals surface area contributed by atoms with Gasteiger partial charge < -0.3 is 19.9 Å². The minimum Gasteiger partial charge on any atom is -0.449 e. The van der Waals surface area contributed by atoms with Crippen LogP contribution in [0.4, 0.5) is 4.79 Å². The molecule has 1 fully saturated rings. The highest BCUT2D eigenvalue weighted by atomic mass is 32.2. The van der Waals surface area contributed by atoms with Crippen molar-refractivity contribution in [1.82, 2.24) is 15.2 Å². The lowest BCUT2D eigenvalue weighted by molar-refractivity contribution is 0.0905. The number of nitrogens with zero attached hydrogens (tertiary/aromatic N) is 1. The molecule has 9 nitrogen and oxygen atoms in total. The molecule has 1 saturated carbocycles. The largest absolute Gasteiger partial charge is 0.449 e. The molecular formula is C25H29N3O6S. The maximum atomic E-state index is 12.6. The zero-order valence-corrected chi connectivity index (χ0v) is 20.6. The van der Waals surface area contributed by atoms with Gasteiger partial charge in [-0.05, 0) is 41.5 Å². The van der Waals surface area contributed by atoms with Gasteiger partial charge in [-0.3, -0.25) is 9.59 Å². The van der Waals surface area contributed by atoms with E-state index in [1.54, 1.807) is 23.1 Å². The minimum absolute atomic E-state index is 0.0720. The lowest BCUT2D eigenvalue weighted by Crippen LogP contribution is -2.39. The molecular weight excluding hydrogens is 470 g/mol. The van der Waals surface area contributed by atoms with Crippen molar-refractivity contribution in [2.75, 3.05) is 19.7 Å². The number of hydrogen-bond donors (Lipinski definition) is 2. The predicted molar refractivity (Wildman–Crippen MR) is 130 cm³/mol. The molecule has 1 aromatic carbocycles. The van der Waals surface area contributed by atoms with Gasteiger partial charge in [0.05, 0.1) is 18.0 Å². The summed E-state index contributed by atoms with van der Waals surface area (Å²) in [6, 6.07) is 9.42. The Hall–Kier alpha value is -3.40. The summed E-state index contributed by atoms with van der Waals surface area (Å²) in [5, 5.41) is 3.56. The maximum absolute atomic E-state index is 12.6. The molecule has 35 heavy (non-hydrogen) atoms. The normalized spacial score (nSPS) is 18.7. The van der Waals surface area contributed by atoms with E-state index >= 15 is 0 Å². The number of hydrogen-bond acceptors (Lipinski definition) is 6. The monoisotopic (exact) mass is 499 g/mol. The number of pyridine rings is 1. The van der Waals surface area contributed by atoms with Gasteiger partial charge in [-0.25, -0.2) is 13.2 Å². The number of aromatic nitrogens is 1. The van der Waals surface area contributed by atoms with Crippen LogP contribution in [0.15, 0.2) is 57.6 Å². The van der Waals surface area contributed by atoms with Crippen molar-refractivity contribution in [1.29, 1.82) is 0 Å². The molecule has 1 aliphatic carbocycles. The predicted octanol–water partition coefficient (Wildman–Crippen LogP) is 2.63. The number of benzene rings is 1. The quantitative estimate of drug-likeness (QED) is 0.603. The summed E-state index contributed by atoms with van der Waals surface area (Å²) in [4.78, 5) is 42.0. The van der Waals surface area contributed by atoms with Gasteiger partial charge in [-0.15, -0.1) is 0 Å². The summed E-state index contributed by atoms with van der Waals surface area (Å²) in [7, 11) is -3.62. The molecule has 1 unspecified atom stereocenters. The Morgan fingerprint density at radius 2 is 1.97 bits per heavy atom. The van der Waals surface area contributed by atoms with Gasteiger partial charge in [-0.2, -0.15) is 0 Å². The van der Waals surface area contributed by atoms with Gasteiger partial charge in [0.1, 0.15) is 5.56 Å². The summed E-state index contributed by atoms with van der Waals surface area (Å²) >= 11 is 0. The molecule has 0 bridgehead atoms. The topological polar surface area (TPSA) is 126 Å². The van der Waals surface area contributed by atoms with Gasteiger partial charge in [0.25, 0.3) is 11.5 Å². The molecule has 2 aromatic rings. The van der Waals surface area contributed by atoms with E-state index in [9.17, 15) is 22.8 Å². The Kier molecular flexibility index (Phi) is 6.84. The van der Waals surface area contributed by atoms with Crippen LogP contribution in [0.5, 0.6) is 0 Å². The first kappa shape index (κ1) is 24.7. The average molecular weight is 500 g/mol. The molecule has 0 saturated heterocycles. The third-order valence-electron chi connectivity index (χ3n) is 6.56. The van der Waals surface area contributed by atoms with Gasteiger partial charge >= 0.3 is 6.09 Å². The molecule has 1 aliphatic heterocycles. The second-order valence-electron chi connectivity index (χ2n) is 9.59. The SMILES string of the molecule is CC1(C)CC1COC(=O)N1CCc2[nH]c(=O)c(C(=O)NC/C=C/S(=O)(=O)c3ccccc3)cc2C1. The number of ether oxygens (including phenoxy) is 1. The smallest absolute Gasteiger partial charge is 0.410 e. The van der Waals surface area contributed by atoms with E-state index in [2.05, 4.69) is 24.1 Å². The molecule has 2 amide bonds. The van der Waals surface area contributed by atoms with Crippen LogP contribution in [0.25, 0.3) is 0 Å². The van der Waals surface area contributed by atoms with E-state index in [1.807, 2.05) is 0 Å². The number of aromatic amines is 1. The molecule has 2 N–H and O–H groups in total. The Morgan fingerprint density at radius 1 is 1.26 bits per heavy atom. The Labute approximate surface area is 204 Å². The van der Waals surface area contributed by atoms with Crippen LogP contribution < -0.4 is 10.9 Å². The zero-order chi connectivity index (χ0) is 25.2. The van der Waals surface area contributed by atoms with Crippen molar-refractivity contribution in [3.8, 4) is 0 Å². The van der Waals surface area contributed by atoms with Crippen molar-refractivity contribution in [2.45, 2.75) is 38.1 Å². The summed E-state index contributed by atoms with van der Waals surface area (Å²) in [5.74, 6) is -0.251. The van der Waals surface area contributed by atoms with E-state index in [0.717, 1.165) is 11.8 Å². The van der Waals surface area contributed by atoms with Crippen LogP contribution in [0.1, 0.15) is 41.9 Å². The van der Waals surface area contributed by atoms with Crippen molar-refractivity contribution in [2.24, 2.45) is 11.3 Å². The molecule has 0 radical (unpaired) electrons. The second kappa shape index (κ2) is 9.69. The number of fused-ring (bicyclic) bond motifs is 1. The molecule has 10 heteroatoms. The van der Waals surface area contributed by atoms with Crippen molar-refractivity contribution in [3.63, 3.8) is 0 Å². The van der Waals surface area contributed by atoms with E-state index < -0.39 is 27.4 Å². The van der Waals surface area contributed by atoms with E-state index in [4.69, 9.17) is 4.74 Å². The fraction of sp³-hybridized carbons (Fsp3) is 0.400. The highest BCUT2D eigenvalue weighted by Gasteiger charge is 2.46. The number of carbonyl (C=O) groups is 2. The second-order valence-corrected chi connectivity index (χ2v) is 11.4. The zero-order valence-electron chi connectivity index (χ0n) is 19.7. The van der Waals surface area contributed by atoms with Crippen LogP contribution in [0, 0.1) is 11.3 Å². The maximum Gasteiger partial charge on any atom is 0.410 e. The lowest BCUT2D eigenvalue weighted by Gasteiger charge is -2.28. The number of nitrogens with one attached hydrogen (secondary N) is 2. The van der Waals surface area contributed by atoms with Gasteiger partial charge in [0, 0.05) is 30.6 Å². The fourth-order valence-corrected chi connectivity index (χ4v) is 5.11. The average Bonchev–Trinajstić information content (AvgIpc) is 3.46. The van der Waals surface area contributed by atoms with Crippen LogP contribution in [0.3, 0.4) is 0 Å².